The van der Waals surface area contributed by atoms with Gasteiger partial charge in [0.15, 0.2) is 6.61 Å². The van der Waals surface area contributed by atoms with E-state index in [4.69, 9.17) is 9.47 Å². The standard InChI is InChI=1S/C24H29NO3S2/c1-2-27-20-10-6-18(7-11-20)22-5-3-14-25(22)23(26)17-28-21-12-8-19(9-13-21)24-29-15-4-16-30-24/h6-13,22,24H,2-5,14-17H2,1H3. The smallest absolute Gasteiger partial charge is 0.261 e. The third kappa shape index (κ3) is 5.27. The lowest BCUT2D eigenvalue weighted by atomic mass is 10.0. The zero-order chi connectivity index (χ0) is 20.8. The van der Waals surface area contributed by atoms with Gasteiger partial charge < -0.3 is 14.4 Å². The average molecular weight is 444 g/mol. The fraction of sp³-hybridized carbons (Fsp3) is 0.458. The number of benzene rings is 2. The number of nitrogens with zero attached hydrogens (tertiary/aromatic N) is 1. The first-order valence-electron chi connectivity index (χ1n) is 10.7. The predicted molar refractivity (Wildman–Crippen MR) is 126 cm³/mol. The summed E-state index contributed by atoms with van der Waals surface area (Å²) in [5.74, 6) is 4.14. The van der Waals surface area contributed by atoms with Crippen LogP contribution in [0.5, 0.6) is 11.5 Å². The van der Waals surface area contributed by atoms with E-state index in [2.05, 4.69) is 24.3 Å². The summed E-state index contributed by atoms with van der Waals surface area (Å²) in [6.07, 6.45) is 3.31. The molecule has 1 atom stereocenters. The van der Waals surface area contributed by atoms with E-state index < -0.39 is 0 Å². The molecule has 6 heteroatoms. The van der Waals surface area contributed by atoms with E-state index in [9.17, 15) is 4.79 Å². The fourth-order valence-corrected chi connectivity index (χ4v) is 6.89. The molecule has 0 radical (unpaired) electrons. The molecule has 2 saturated heterocycles. The second-order valence-corrected chi connectivity index (χ2v) is 10.3. The van der Waals surface area contributed by atoms with E-state index in [-0.39, 0.29) is 18.6 Å². The second-order valence-electron chi connectivity index (χ2n) is 7.53. The highest BCUT2D eigenvalue weighted by Crippen LogP contribution is 2.43. The van der Waals surface area contributed by atoms with Gasteiger partial charge in [0, 0.05) is 6.54 Å². The third-order valence-electron chi connectivity index (χ3n) is 5.49. The van der Waals surface area contributed by atoms with Crippen LogP contribution >= 0.6 is 23.5 Å². The topological polar surface area (TPSA) is 38.8 Å². The molecule has 0 saturated carbocycles. The van der Waals surface area contributed by atoms with Crippen molar-refractivity contribution >= 4 is 29.4 Å². The molecular weight excluding hydrogens is 414 g/mol. The van der Waals surface area contributed by atoms with E-state index in [0.717, 1.165) is 36.4 Å². The van der Waals surface area contributed by atoms with Crippen LogP contribution in [-0.2, 0) is 4.79 Å². The molecule has 2 aliphatic rings. The molecule has 2 heterocycles. The number of rotatable bonds is 7. The van der Waals surface area contributed by atoms with Gasteiger partial charge in [0.1, 0.15) is 11.5 Å². The minimum atomic E-state index is 0.0499. The van der Waals surface area contributed by atoms with Gasteiger partial charge in [0.25, 0.3) is 5.91 Å². The van der Waals surface area contributed by atoms with Gasteiger partial charge >= 0.3 is 0 Å². The number of hydrogen-bond acceptors (Lipinski definition) is 5. The highest BCUT2D eigenvalue weighted by Gasteiger charge is 2.30. The minimum absolute atomic E-state index is 0.0499. The summed E-state index contributed by atoms with van der Waals surface area (Å²) in [6, 6.07) is 16.5. The largest absolute Gasteiger partial charge is 0.494 e. The van der Waals surface area contributed by atoms with E-state index in [1.165, 1.54) is 23.5 Å². The summed E-state index contributed by atoms with van der Waals surface area (Å²) in [5.41, 5.74) is 2.50. The average Bonchev–Trinajstić information content (AvgIpc) is 3.29. The van der Waals surface area contributed by atoms with Crippen molar-refractivity contribution in [2.75, 3.05) is 31.3 Å². The quantitative estimate of drug-likeness (QED) is 0.549. The monoisotopic (exact) mass is 443 g/mol. The van der Waals surface area contributed by atoms with Crippen LogP contribution in [0, 0.1) is 0 Å². The van der Waals surface area contributed by atoms with Gasteiger partial charge in [0.05, 0.1) is 17.2 Å². The van der Waals surface area contributed by atoms with Gasteiger partial charge in [-0.3, -0.25) is 4.79 Å². The number of thioether (sulfide) groups is 2. The van der Waals surface area contributed by atoms with Crippen molar-refractivity contribution in [3.05, 3.63) is 59.7 Å². The van der Waals surface area contributed by atoms with Crippen molar-refractivity contribution in [1.82, 2.24) is 4.90 Å². The number of hydrogen-bond donors (Lipinski definition) is 0. The zero-order valence-corrected chi connectivity index (χ0v) is 19.1. The van der Waals surface area contributed by atoms with E-state index in [1.54, 1.807) is 0 Å². The lowest BCUT2D eigenvalue weighted by molar-refractivity contribution is -0.134. The van der Waals surface area contributed by atoms with Gasteiger partial charge in [-0.15, -0.1) is 23.5 Å². The minimum Gasteiger partial charge on any atom is -0.494 e. The molecule has 1 amide bonds. The lowest BCUT2D eigenvalue weighted by Gasteiger charge is -2.25. The Labute approximate surface area is 187 Å². The summed E-state index contributed by atoms with van der Waals surface area (Å²) < 4.78 is 11.9. The lowest BCUT2D eigenvalue weighted by Crippen LogP contribution is -2.34. The normalized spacial score (nSPS) is 19.6. The van der Waals surface area contributed by atoms with Crippen LogP contribution in [0.25, 0.3) is 0 Å². The fourth-order valence-electron chi connectivity index (χ4n) is 3.99. The highest BCUT2D eigenvalue weighted by atomic mass is 32.2. The van der Waals surface area contributed by atoms with Crippen LogP contribution in [-0.4, -0.2) is 42.1 Å². The molecule has 2 aliphatic heterocycles. The molecule has 0 spiro atoms. The van der Waals surface area contributed by atoms with Crippen molar-refractivity contribution in [3.8, 4) is 11.5 Å². The Hall–Kier alpha value is -1.79. The van der Waals surface area contributed by atoms with Gasteiger partial charge in [-0.05, 0) is 73.1 Å². The third-order valence-corrected chi connectivity index (χ3v) is 8.51. The Morgan fingerprint density at radius 3 is 2.23 bits per heavy atom. The maximum atomic E-state index is 12.9. The molecule has 2 aromatic carbocycles. The molecule has 30 heavy (non-hydrogen) atoms. The number of likely N-dealkylation sites (tertiary alicyclic amines) is 1. The predicted octanol–water partition coefficient (Wildman–Crippen LogP) is 5.70. The summed E-state index contributed by atoms with van der Waals surface area (Å²) in [4.78, 5) is 14.8. The second kappa shape index (κ2) is 10.5. The molecule has 160 valence electrons. The Balaban J connectivity index is 1.32. The van der Waals surface area contributed by atoms with Crippen LogP contribution in [0.4, 0.5) is 0 Å². The van der Waals surface area contributed by atoms with Gasteiger partial charge in [0.2, 0.25) is 0 Å². The van der Waals surface area contributed by atoms with Crippen molar-refractivity contribution in [3.63, 3.8) is 0 Å². The van der Waals surface area contributed by atoms with Gasteiger partial charge in [-0.2, -0.15) is 0 Å². The molecule has 0 N–H and O–H groups in total. The Kier molecular flexibility index (Phi) is 7.50. The van der Waals surface area contributed by atoms with Crippen molar-refractivity contribution in [2.24, 2.45) is 0 Å². The molecule has 4 nitrogen and oxygen atoms in total. The SMILES string of the molecule is CCOc1ccc(C2CCCN2C(=O)COc2ccc(C3SCCCS3)cc2)cc1. The molecule has 4 rings (SSSR count). The maximum Gasteiger partial charge on any atom is 0.261 e. The maximum absolute atomic E-state index is 12.9. The highest BCUT2D eigenvalue weighted by molar-refractivity contribution is 8.16. The van der Waals surface area contributed by atoms with Gasteiger partial charge in [-0.25, -0.2) is 0 Å². The van der Waals surface area contributed by atoms with Crippen molar-refractivity contribution in [2.45, 2.75) is 36.8 Å². The van der Waals surface area contributed by atoms with Crippen LogP contribution in [0.2, 0.25) is 0 Å². The van der Waals surface area contributed by atoms with Crippen LogP contribution in [0.15, 0.2) is 48.5 Å². The summed E-state index contributed by atoms with van der Waals surface area (Å²) in [5, 5.41) is 0. The molecule has 0 aromatic heterocycles. The molecule has 2 fully saturated rings. The molecule has 0 bridgehead atoms. The molecule has 0 aliphatic carbocycles. The number of carbonyl (C=O) groups excluding carboxylic acids is 1. The zero-order valence-electron chi connectivity index (χ0n) is 17.4. The summed E-state index contributed by atoms with van der Waals surface area (Å²) in [6.45, 7) is 3.51. The van der Waals surface area contributed by atoms with E-state index in [0.29, 0.717) is 11.2 Å². The number of ether oxygens (including phenoxy) is 2. The Bertz CT molecular complexity index is 819. The first kappa shape index (κ1) is 21.4. The number of carbonyl (C=O) groups is 1. The molecular formula is C24H29NO3S2. The van der Waals surface area contributed by atoms with Crippen LogP contribution in [0.1, 0.15) is 47.9 Å². The molecule has 1 unspecified atom stereocenters. The number of amides is 1. The van der Waals surface area contributed by atoms with E-state index >= 15 is 0 Å². The van der Waals surface area contributed by atoms with E-state index in [1.807, 2.05) is 59.6 Å². The van der Waals surface area contributed by atoms with Crippen molar-refractivity contribution in [1.29, 1.82) is 0 Å². The van der Waals surface area contributed by atoms with Crippen LogP contribution < -0.4 is 9.47 Å². The van der Waals surface area contributed by atoms with Crippen molar-refractivity contribution < 1.29 is 14.3 Å². The molecule has 2 aromatic rings. The summed E-state index contributed by atoms with van der Waals surface area (Å²) in [7, 11) is 0. The summed E-state index contributed by atoms with van der Waals surface area (Å²) >= 11 is 4.02. The Morgan fingerprint density at radius 2 is 1.57 bits per heavy atom. The van der Waals surface area contributed by atoms with Gasteiger partial charge in [-0.1, -0.05) is 24.3 Å². The first-order chi connectivity index (χ1) is 14.7. The Morgan fingerprint density at radius 1 is 0.933 bits per heavy atom. The first-order valence-corrected chi connectivity index (χ1v) is 12.8. The van der Waals surface area contributed by atoms with Crippen LogP contribution in [0.3, 0.4) is 0 Å².